The first-order valence-corrected chi connectivity index (χ1v) is 6.13. The average Bonchev–Trinajstić information content (AvgIpc) is 2.74. The summed E-state index contributed by atoms with van der Waals surface area (Å²) >= 11 is 5.96. The maximum absolute atomic E-state index is 9.89. The fourth-order valence-corrected chi connectivity index (χ4v) is 1.86. The number of aliphatic hydroxyl groups is 1. The van der Waals surface area contributed by atoms with Gasteiger partial charge in [0.2, 0.25) is 0 Å². The van der Waals surface area contributed by atoms with Gasteiger partial charge in [-0.05, 0) is 12.1 Å². The van der Waals surface area contributed by atoms with Gasteiger partial charge in [-0.1, -0.05) is 23.7 Å². The third kappa shape index (κ3) is 4.42. The Balaban J connectivity index is 0.00000180. The molecule has 6 heteroatoms. The molecule has 1 heterocycles. The second-order valence-corrected chi connectivity index (χ2v) is 4.50. The minimum Gasteiger partial charge on any atom is -1.00 e. The van der Waals surface area contributed by atoms with Crippen LogP contribution in [0.15, 0.2) is 36.7 Å². The zero-order chi connectivity index (χ0) is 13.0. The van der Waals surface area contributed by atoms with E-state index >= 15 is 0 Å². The molecule has 4 nitrogen and oxygen atoms in total. The zero-order valence-electron chi connectivity index (χ0n) is 10.5. The summed E-state index contributed by atoms with van der Waals surface area (Å²) in [5.74, 6) is 1.58. The topological polar surface area (TPSA) is 49.1 Å². The van der Waals surface area contributed by atoms with Crippen molar-refractivity contribution < 1.29 is 26.8 Å². The number of benzene rings is 1. The minimum absolute atomic E-state index is 0. The molecule has 2 aromatic rings. The van der Waals surface area contributed by atoms with Gasteiger partial charge < -0.3 is 22.3 Å². The molecular weight excluding hydrogens is 287 g/mol. The number of hydrogen-bond donors (Lipinski definition) is 2. The maximum atomic E-state index is 9.89. The number of aromatic amines is 1. The molecule has 1 aromatic carbocycles. The maximum Gasteiger partial charge on any atom is 0.251 e. The van der Waals surface area contributed by atoms with Crippen molar-refractivity contribution in [3.63, 3.8) is 0 Å². The van der Waals surface area contributed by atoms with Crippen LogP contribution in [0, 0.1) is 6.92 Å². The highest BCUT2D eigenvalue weighted by Gasteiger charge is 2.13. The molecule has 2 rings (SSSR count). The van der Waals surface area contributed by atoms with Crippen LogP contribution in [0.3, 0.4) is 0 Å². The van der Waals surface area contributed by atoms with Crippen LogP contribution in [0.4, 0.5) is 0 Å². The van der Waals surface area contributed by atoms with Crippen LogP contribution >= 0.6 is 11.6 Å². The molecule has 0 aliphatic rings. The van der Waals surface area contributed by atoms with Crippen molar-refractivity contribution in [1.82, 2.24) is 4.98 Å². The van der Waals surface area contributed by atoms with Crippen molar-refractivity contribution >= 4 is 11.6 Å². The number of aliphatic hydroxyl groups excluding tert-OH is 1. The van der Waals surface area contributed by atoms with E-state index in [1.54, 1.807) is 12.1 Å². The van der Waals surface area contributed by atoms with Gasteiger partial charge in [0.05, 0.1) is 5.02 Å². The Morgan fingerprint density at radius 1 is 1.42 bits per heavy atom. The molecule has 0 fully saturated rings. The van der Waals surface area contributed by atoms with E-state index in [9.17, 15) is 5.11 Å². The monoisotopic (exact) mass is 302 g/mol. The van der Waals surface area contributed by atoms with Crippen molar-refractivity contribution in [2.24, 2.45) is 0 Å². The number of nitrogens with one attached hydrogen (secondary N) is 1. The lowest BCUT2D eigenvalue weighted by Gasteiger charge is -2.11. The second-order valence-electron chi connectivity index (χ2n) is 4.09. The van der Waals surface area contributed by atoms with Gasteiger partial charge in [-0.3, -0.25) is 0 Å². The van der Waals surface area contributed by atoms with Gasteiger partial charge in [-0.25, -0.2) is 9.55 Å². The highest BCUT2D eigenvalue weighted by molar-refractivity contribution is 6.32. The quantitative estimate of drug-likeness (QED) is 0.675. The van der Waals surface area contributed by atoms with Crippen molar-refractivity contribution in [2.75, 3.05) is 6.61 Å². The van der Waals surface area contributed by atoms with E-state index < -0.39 is 6.10 Å². The van der Waals surface area contributed by atoms with Gasteiger partial charge >= 0.3 is 0 Å². The second kappa shape index (κ2) is 7.38. The number of H-pyrrole nitrogens is 1. The molecule has 0 aliphatic carbocycles. The van der Waals surface area contributed by atoms with Crippen LogP contribution in [0.5, 0.6) is 5.75 Å². The first-order chi connectivity index (χ1) is 8.66. The van der Waals surface area contributed by atoms with Crippen molar-refractivity contribution in [1.29, 1.82) is 0 Å². The SMILES string of the molecule is Cc1[nH]cc[n+]1CC(O)COc1ccccc1Cl.[Cl-]. The smallest absolute Gasteiger partial charge is 0.251 e. The van der Waals surface area contributed by atoms with Crippen LogP contribution in [-0.4, -0.2) is 22.8 Å². The van der Waals surface area contributed by atoms with Crippen molar-refractivity contribution in [2.45, 2.75) is 19.6 Å². The number of rotatable bonds is 5. The molecule has 104 valence electrons. The molecule has 0 saturated carbocycles. The predicted molar refractivity (Wildman–Crippen MR) is 68.7 cm³/mol. The van der Waals surface area contributed by atoms with Gasteiger partial charge in [-0.15, -0.1) is 0 Å². The molecule has 1 atom stereocenters. The van der Waals surface area contributed by atoms with E-state index in [2.05, 4.69) is 4.98 Å². The van der Waals surface area contributed by atoms with Crippen LogP contribution < -0.4 is 21.7 Å². The van der Waals surface area contributed by atoms with E-state index in [0.717, 1.165) is 5.82 Å². The summed E-state index contributed by atoms with van der Waals surface area (Å²) in [7, 11) is 0. The Morgan fingerprint density at radius 3 is 2.79 bits per heavy atom. The third-order valence-corrected chi connectivity index (χ3v) is 2.97. The Bertz CT molecular complexity index is 517. The van der Waals surface area contributed by atoms with Gasteiger partial charge in [0.1, 0.15) is 37.4 Å². The van der Waals surface area contributed by atoms with E-state index in [4.69, 9.17) is 16.3 Å². The number of imidazole rings is 1. The molecule has 0 spiro atoms. The number of aryl methyl sites for hydroxylation is 1. The minimum atomic E-state index is -0.583. The summed E-state index contributed by atoms with van der Waals surface area (Å²) in [4.78, 5) is 3.05. The molecule has 0 amide bonds. The molecule has 1 unspecified atom stereocenters. The number of halogens is 2. The van der Waals surface area contributed by atoms with Crippen molar-refractivity contribution in [3.05, 3.63) is 47.5 Å². The summed E-state index contributed by atoms with van der Waals surface area (Å²) in [5, 5.41) is 10.4. The molecule has 0 aliphatic heterocycles. The Hall–Kier alpha value is -1.23. The fraction of sp³-hybridized carbons (Fsp3) is 0.308. The largest absolute Gasteiger partial charge is 1.00 e. The van der Waals surface area contributed by atoms with E-state index in [-0.39, 0.29) is 19.0 Å². The molecule has 1 aromatic heterocycles. The number of aromatic nitrogens is 2. The lowest BCUT2D eigenvalue weighted by atomic mass is 10.3. The van der Waals surface area contributed by atoms with E-state index in [1.807, 2.05) is 36.0 Å². The van der Waals surface area contributed by atoms with Crippen LogP contribution in [0.25, 0.3) is 0 Å². The Labute approximate surface area is 123 Å². The molecule has 2 N–H and O–H groups in total. The zero-order valence-corrected chi connectivity index (χ0v) is 12.0. The highest BCUT2D eigenvalue weighted by Crippen LogP contribution is 2.23. The van der Waals surface area contributed by atoms with Gasteiger partial charge in [0.25, 0.3) is 5.82 Å². The molecular formula is C13H16Cl2N2O2. The number of hydrogen-bond acceptors (Lipinski definition) is 2. The normalized spacial score (nSPS) is 11.7. The van der Waals surface area contributed by atoms with E-state index in [0.29, 0.717) is 17.3 Å². The van der Waals surface area contributed by atoms with Crippen molar-refractivity contribution in [3.8, 4) is 5.75 Å². The third-order valence-electron chi connectivity index (χ3n) is 2.65. The average molecular weight is 303 g/mol. The van der Waals surface area contributed by atoms with Crippen LogP contribution in [0.2, 0.25) is 5.02 Å². The fourth-order valence-electron chi connectivity index (χ4n) is 1.67. The first kappa shape index (κ1) is 15.8. The molecule has 0 radical (unpaired) electrons. The standard InChI is InChI=1S/C13H15ClN2O2.ClH/c1-10-15-6-7-16(10)8-11(17)9-18-13-5-3-2-4-12(13)14;/h2-7,11,17H,8-9H2,1H3;1H. The van der Waals surface area contributed by atoms with Crippen LogP contribution in [0.1, 0.15) is 5.82 Å². The summed E-state index contributed by atoms with van der Waals surface area (Å²) in [6, 6.07) is 7.22. The molecule has 19 heavy (non-hydrogen) atoms. The van der Waals surface area contributed by atoms with Gasteiger partial charge in [0, 0.05) is 6.92 Å². The summed E-state index contributed by atoms with van der Waals surface area (Å²) in [6.07, 6.45) is 3.13. The summed E-state index contributed by atoms with van der Waals surface area (Å²) in [6.45, 7) is 2.64. The number of para-hydroxylation sites is 1. The summed E-state index contributed by atoms with van der Waals surface area (Å²) < 4.78 is 7.41. The Morgan fingerprint density at radius 2 is 2.16 bits per heavy atom. The lowest BCUT2D eigenvalue weighted by Crippen LogP contribution is -3.00. The first-order valence-electron chi connectivity index (χ1n) is 5.75. The van der Waals surface area contributed by atoms with Gasteiger partial charge in [-0.2, -0.15) is 0 Å². The van der Waals surface area contributed by atoms with Gasteiger partial charge in [0.15, 0.2) is 0 Å². The lowest BCUT2D eigenvalue weighted by molar-refractivity contribution is -0.708. The number of ether oxygens (including phenoxy) is 1. The predicted octanol–water partition coefficient (Wildman–Crippen LogP) is -1.29. The molecule has 0 bridgehead atoms. The van der Waals surface area contributed by atoms with Crippen LogP contribution in [-0.2, 0) is 6.54 Å². The van der Waals surface area contributed by atoms with E-state index in [1.165, 1.54) is 0 Å². The molecule has 0 saturated heterocycles. The highest BCUT2D eigenvalue weighted by atomic mass is 35.5. The summed E-state index contributed by atoms with van der Waals surface area (Å²) in [5.41, 5.74) is 0. The number of nitrogens with zero attached hydrogens (tertiary/aromatic N) is 1. The Kier molecular flexibility index (Phi) is 6.15.